The Morgan fingerprint density at radius 3 is 2.74 bits per heavy atom. The molecule has 0 saturated heterocycles. The number of aromatic nitrogens is 1. The number of fused-ring (bicyclic) bond motifs is 1. The van der Waals surface area contributed by atoms with Gasteiger partial charge in [0.05, 0.1) is 20.8 Å². The predicted octanol–water partition coefficient (Wildman–Crippen LogP) is 2.97. The molecule has 7 heteroatoms. The highest BCUT2D eigenvalue weighted by molar-refractivity contribution is 5.83. The summed E-state index contributed by atoms with van der Waals surface area (Å²) in [6.45, 7) is 1.03. The number of nitrogens with two attached hydrogens (primary N) is 1. The van der Waals surface area contributed by atoms with Gasteiger partial charge in [0.2, 0.25) is 0 Å². The molecule has 0 unspecified atom stereocenters. The first-order valence-electron chi connectivity index (χ1n) is 8.61. The van der Waals surface area contributed by atoms with Crippen LogP contribution >= 0.6 is 0 Å². The van der Waals surface area contributed by atoms with Crippen molar-refractivity contribution >= 4 is 16.9 Å². The summed E-state index contributed by atoms with van der Waals surface area (Å²) in [7, 11) is 3.19. The number of guanidine groups is 1. The van der Waals surface area contributed by atoms with E-state index in [9.17, 15) is 4.39 Å². The van der Waals surface area contributed by atoms with Crippen LogP contribution in [-0.2, 0) is 13.0 Å². The topological polar surface area (TPSA) is 84.7 Å². The van der Waals surface area contributed by atoms with E-state index in [4.69, 9.17) is 15.2 Å². The van der Waals surface area contributed by atoms with Gasteiger partial charge in [0.1, 0.15) is 5.82 Å². The molecule has 3 rings (SSSR count). The number of H-pyrrole nitrogens is 1. The van der Waals surface area contributed by atoms with Crippen molar-refractivity contribution in [3.8, 4) is 11.5 Å². The zero-order valence-electron chi connectivity index (χ0n) is 15.4. The quantitative estimate of drug-likeness (QED) is 0.441. The lowest BCUT2D eigenvalue weighted by Crippen LogP contribution is -2.33. The van der Waals surface area contributed by atoms with Crippen LogP contribution in [-0.4, -0.2) is 31.7 Å². The van der Waals surface area contributed by atoms with E-state index >= 15 is 0 Å². The standard InChI is InChI=1S/C20H23FN4O2/c1-26-18-6-3-13(9-19(18)27-2)11-25-20(22)23-8-7-14-12-24-17-5-4-15(21)10-16(14)17/h3-6,9-10,12,24H,7-8,11H2,1-2H3,(H3,22,23,25). The van der Waals surface area contributed by atoms with Gasteiger partial charge in [0.25, 0.3) is 0 Å². The van der Waals surface area contributed by atoms with Gasteiger partial charge in [-0.3, -0.25) is 0 Å². The Balaban J connectivity index is 1.55. The second-order valence-corrected chi connectivity index (χ2v) is 6.07. The third-order valence-corrected chi connectivity index (χ3v) is 4.31. The second kappa shape index (κ2) is 8.44. The molecule has 6 nitrogen and oxygen atoms in total. The van der Waals surface area contributed by atoms with E-state index in [1.807, 2.05) is 24.4 Å². The summed E-state index contributed by atoms with van der Waals surface area (Å²) >= 11 is 0. The van der Waals surface area contributed by atoms with Crippen LogP contribution in [0.25, 0.3) is 10.9 Å². The Bertz CT molecular complexity index is 952. The smallest absolute Gasteiger partial charge is 0.188 e. The van der Waals surface area contributed by atoms with Crippen molar-refractivity contribution < 1.29 is 13.9 Å². The number of methoxy groups -OCH3 is 2. The molecule has 0 atom stereocenters. The number of hydrogen-bond donors (Lipinski definition) is 3. The minimum Gasteiger partial charge on any atom is -0.493 e. The summed E-state index contributed by atoms with van der Waals surface area (Å²) in [5.74, 6) is 1.44. The van der Waals surface area contributed by atoms with E-state index in [1.54, 1.807) is 20.3 Å². The van der Waals surface area contributed by atoms with Crippen LogP contribution in [0.4, 0.5) is 4.39 Å². The predicted molar refractivity (Wildman–Crippen MR) is 105 cm³/mol. The Morgan fingerprint density at radius 1 is 1.15 bits per heavy atom. The fourth-order valence-electron chi connectivity index (χ4n) is 2.89. The molecule has 1 heterocycles. The first kappa shape index (κ1) is 18.6. The van der Waals surface area contributed by atoms with Crippen molar-refractivity contribution in [1.29, 1.82) is 0 Å². The molecule has 27 heavy (non-hydrogen) atoms. The third kappa shape index (κ3) is 4.49. The van der Waals surface area contributed by atoms with Crippen LogP contribution in [0.3, 0.4) is 0 Å². The lowest BCUT2D eigenvalue weighted by molar-refractivity contribution is 0.354. The van der Waals surface area contributed by atoms with Crippen LogP contribution in [0.2, 0.25) is 0 Å². The summed E-state index contributed by atoms with van der Waals surface area (Å²) in [5, 5.41) is 3.97. The molecule has 0 spiro atoms. The lowest BCUT2D eigenvalue weighted by Gasteiger charge is -2.09. The van der Waals surface area contributed by atoms with Gasteiger partial charge in [-0.1, -0.05) is 6.07 Å². The van der Waals surface area contributed by atoms with Gasteiger partial charge < -0.3 is 25.5 Å². The highest BCUT2D eigenvalue weighted by Gasteiger charge is 2.06. The molecule has 142 valence electrons. The molecule has 1 aromatic heterocycles. The molecule has 0 aliphatic carbocycles. The van der Waals surface area contributed by atoms with Crippen molar-refractivity contribution in [1.82, 2.24) is 10.3 Å². The van der Waals surface area contributed by atoms with Crippen molar-refractivity contribution in [2.24, 2.45) is 10.7 Å². The molecule has 0 aliphatic heterocycles. The largest absolute Gasteiger partial charge is 0.493 e. The average Bonchev–Trinajstić information content (AvgIpc) is 3.08. The van der Waals surface area contributed by atoms with Crippen LogP contribution < -0.4 is 20.5 Å². The van der Waals surface area contributed by atoms with Crippen LogP contribution in [0.15, 0.2) is 47.6 Å². The van der Waals surface area contributed by atoms with E-state index < -0.39 is 0 Å². The number of aromatic amines is 1. The van der Waals surface area contributed by atoms with E-state index in [0.717, 1.165) is 22.0 Å². The summed E-state index contributed by atoms with van der Waals surface area (Å²) in [4.78, 5) is 7.48. The van der Waals surface area contributed by atoms with Crippen LogP contribution in [0.5, 0.6) is 11.5 Å². The molecule has 0 saturated carbocycles. The van der Waals surface area contributed by atoms with Gasteiger partial charge in [0, 0.05) is 23.6 Å². The van der Waals surface area contributed by atoms with E-state index in [0.29, 0.717) is 37.0 Å². The summed E-state index contributed by atoms with van der Waals surface area (Å²) in [5.41, 5.74) is 8.85. The number of benzene rings is 2. The Morgan fingerprint density at radius 2 is 1.96 bits per heavy atom. The third-order valence-electron chi connectivity index (χ3n) is 4.31. The maximum absolute atomic E-state index is 13.4. The van der Waals surface area contributed by atoms with Crippen molar-refractivity contribution in [3.05, 3.63) is 59.5 Å². The minimum atomic E-state index is -0.243. The fourth-order valence-corrected chi connectivity index (χ4v) is 2.89. The molecule has 0 fully saturated rings. The maximum Gasteiger partial charge on any atom is 0.188 e. The molecule has 0 radical (unpaired) electrons. The number of nitrogens with zero attached hydrogens (tertiary/aromatic N) is 1. The highest BCUT2D eigenvalue weighted by Crippen LogP contribution is 2.27. The highest BCUT2D eigenvalue weighted by atomic mass is 19.1. The molecule has 3 aromatic rings. The van der Waals surface area contributed by atoms with Gasteiger partial charge in [-0.05, 0) is 47.9 Å². The number of nitrogens with one attached hydrogen (secondary N) is 2. The zero-order chi connectivity index (χ0) is 19.2. The Labute approximate surface area is 157 Å². The Hall–Kier alpha value is -3.22. The number of aliphatic imine (C=N–C) groups is 1. The monoisotopic (exact) mass is 370 g/mol. The molecule has 0 amide bonds. The summed E-state index contributed by atoms with van der Waals surface area (Å²) in [6.07, 6.45) is 2.60. The Kier molecular flexibility index (Phi) is 5.80. The summed E-state index contributed by atoms with van der Waals surface area (Å²) < 4.78 is 23.9. The second-order valence-electron chi connectivity index (χ2n) is 6.07. The minimum absolute atomic E-state index is 0.243. The van der Waals surface area contributed by atoms with Gasteiger partial charge >= 0.3 is 0 Å². The van der Waals surface area contributed by atoms with Gasteiger partial charge in [-0.2, -0.15) is 0 Å². The lowest BCUT2D eigenvalue weighted by atomic mass is 10.1. The normalized spacial score (nSPS) is 11.6. The molecule has 0 aliphatic rings. The molecule has 0 bridgehead atoms. The SMILES string of the molecule is COc1ccc(CN=C(N)NCCc2c[nH]c3ccc(F)cc23)cc1OC. The van der Waals surface area contributed by atoms with Crippen molar-refractivity contribution in [3.63, 3.8) is 0 Å². The van der Waals surface area contributed by atoms with E-state index in [2.05, 4.69) is 15.3 Å². The van der Waals surface area contributed by atoms with Gasteiger partial charge in [0.15, 0.2) is 17.5 Å². The maximum atomic E-state index is 13.4. The molecular formula is C20H23FN4O2. The van der Waals surface area contributed by atoms with E-state index in [1.165, 1.54) is 12.1 Å². The molecule has 4 N–H and O–H groups in total. The average molecular weight is 370 g/mol. The molecule has 2 aromatic carbocycles. The number of halogens is 1. The van der Waals surface area contributed by atoms with Crippen LogP contribution in [0.1, 0.15) is 11.1 Å². The summed E-state index contributed by atoms with van der Waals surface area (Å²) in [6, 6.07) is 10.3. The van der Waals surface area contributed by atoms with Crippen molar-refractivity contribution in [2.75, 3.05) is 20.8 Å². The first-order valence-corrected chi connectivity index (χ1v) is 8.61. The van der Waals surface area contributed by atoms with Gasteiger partial charge in [-0.25, -0.2) is 9.38 Å². The fraction of sp³-hybridized carbons (Fsp3) is 0.250. The van der Waals surface area contributed by atoms with E-state index in [-0.39, 0.29) is 5.82 Å². The number of ether oxygens (including phenoxy) is 2. The first-order chi connectivity index (χ1) is 13.1. The van der Waals surface area contributed by atoms with Crippen molar-refractivity contribution in [2.45, 2.75) is 13.0 Å². The number of hydrogen-bond acceptors (Lipinski definition) is 3. The van der Waals surface area contributed by atoms with Gasteiger partial charge in [-0.15, -0.1) is 0 Å². The zero-order valence-corrected chi connectivity index (χ0v) is 15.4. The number of rotatable bonds is 7. The molecular weight excluding hydrogens is 347 g/mol. The van der Waals surface area contributed by atoms with Crippen LogP contribution in [0, 0.1) is 5.82 Å².